The minimum absolute atomic E-state index is 0.0359. The predicted molar refractivity (Wildman–Crippen MR) is 86.2 cm³/mol. The number of hydrogen-bond donors (Lipinski definition) is 0. The first-order valence-corrected chi connectivity index (χ1v) is 8.04. The highest BCUT2D eigenvalue weighted by Gasteiger charge is 2.19. The van der Waals surface area contributed by atoms with Crippen LogP contribution in [-0.4, -0.2) is 29.7 Å². The van der Waals surface area contributed by atoms with E-state index in [1.807, 2.05) is 18.3 Å². The molecule has 1 fully saturated rings. The summed E-state index contributed by atoms with van der Waals surface area (Å²) in [5.41, 5.74) is 1.35. The molecule has 0 atom stereocenters. The number of carbonyl (C=O) groups is 2. The first-order chi connectivity index (χ1) is 11.2. The minimum atomic E-state index is -0.322. The summed E-state index contributed by atoms with van der Waals surface area (Å²) in [6, 6.07) is 7.34. The summed E-state index contributed by atoms with van der Waals surface area (Å²) in [4.78, 5) is 23.8. The first kappa shape index (κ1) is 15.6. The van der Waals surface area contributed by atoms with Crippen molar-refractivity contribution in [1.29, 1.82) is 0 Å². The van der Waals surface area contributed by atoms with Crippen LogP contribution in [0.15, 0.2) is 30.5 Å². The molecule has 0 N–H and O–H groups in total. The second-order valence-corrected chi connectivity index (χ2v) is 5.96. The average Bonchev–Trinajstić information content (AvgIpc) is 2.97. The number of nitrogens with zero attached hydrogens (tertiary/aromatic N) is 1. The van der Waals surface area contributed by atoms with Crippen molar-refractivity contribution >= 4 is 22.8 Å². The second-order valence-electron chi connectivity index (χ2n) is 5.96. The molecule has 0 saturated heterocycles. The maximum Gasteiger partial charge on any atom is 0.338 e. The second kappa shape index (κ2) is 6.86. The fraction of sp³-hybridized carbons (Fsp3) is 0.444. The van der Waals surface area contributed by atoms with Crippen LogP contribution in [0.2, 0.25) is 0 Å². The van der Waals surface area contributed by atoms with Crippen LogP contribution in [0, 0.1) is 0 Å². The van der Waals surface area contributed by atoms with E-state index in [9.17, 15) is 9.59 Å². The zero-order valence-electron chi connectivity index (χ0n) is 13.3. The van der Waals surface area contributed by atoms with E-state index in [-0.39, 0.29) is 24.6 Å². The van der Waals surface area contributed by atoms with E-state index in [1.54, 1.807) is 16.7 Å². The van der Waals surface area contributed by atoms with Gasteiger partial charge in [-0.2, -0.15) is 0 Å². The van der Waals surface area contributed by atoms with E-state index in [1.165, 1.54) is 13.5 Å². The maximum absolute atomic E-state index is 12.3. The normalized spacial score (nSPS) is 15.5. The van der Waals surface area contributed by atoms with Gasteiger partial charge >= 0.3 is 11.9 Å². The summed E-state index contributed by atoms with van der Waals surface area (Å²) in [6.45, 7) is 0.126. The van der Waals surface area contributed by atoms with Crippen LogP contribution in [0.3, 0.4) is 0 Å². The quantitative estimate of drug-likeness (QED) is 0.812. The minimum Gasteiger partial charge on any atom is -0.468 e. The predicted octanol–water partition coefficient (Wildman–Crippen LogP) is 3.30. The number of benzene rings is 1. The molecule has 0 amide bonds. The molecular formula is C18H21NO4. The van der Waals surface area contributed by atoms with Crippen LogP contribution in [0.4, 0.5) is 0 Å². The van der Waals surface area contributed by atoms with Gasteiger partial charge < -0.3 is 14.0 Å². The molecule has 0 aliphatic heterocycles. The Morgan fingerprint density at radius 3 is 2.70 bits per heavy atom. The monoisotopic (exact) mass is 315 g/mol. The van der Waals surface area contributed by atoms with Gasteiger partial charge in [0.2, 0.25) is 0 Å². The van der Waals surface area contributed by atoms with Crippen molar-refractivity contribution in [2.75, 3.05) is 7.11 Å². The Kier molecular flexibility index (Phi) is 4.65. The lowest BCUT2D eigenvalue weighted by atomic mass is 9.98. The zero-order chi connectivity index (χ0) is 16.2. The molecule has 0 unspecified atom stereocenters. The van der Waals surface area contributed by atoms with Gasteiger partial charge in [0.15, 0.2) is 0 Å². The number of esters is 2. The summed E-state index contributed by atoms with van der Waals surface area (Å²) in [5.74, 6) is -0.609. The van der Waals surface area contributed by atoms with Gasteiger partial charge in [0.25, 0.3) is 0 Å². The molecule has 0 radical (unpaired) electrons. The van der Waals surface area contributed by atoms with Crippen LogP contribution in [0.1, 0.15) is 42.5 Å². The number of rotatable bonds is 4. The summed E-state index contributed by atoms with van der Waals surface area (Å²) in [7, 11) is 1.36. The van der Waals surface area contributed by atoms with E-state index in [2.05, 4.69) is 0 Å². The Balaban J connectivity index is 1.79. The molecule has 23 heavy (non-hydrogen) atoms. The van der Waals surface area contributed by atoms with Crippen molar-refractivity contribution < 1.29 is 19.1 Å². The highest BCUT2D eigenvalue weighted by molar-refractivity contribution is 5.95. The van der Waals surface area contributed by atoms with E-state index >= 15 is 0 Å². The molecule has 0 spiro atoms. The molecule has 0 bridgehead atoms. The molecule has 1 aliphatic rings. The van der Waals surface area contributed by atoms with Gasteiger partial charge in [0.05, 0.1) is 12.7 Å². The first-order valence-electron chi connectivity index (χ1n) is 8.04. The molecule has 1 aliphatic carbocycles. The molecule has 5 nitrogen and oxygen atoms in total. The Hall–Kier alpha value is -2.30. The molecule has 1 heterocycles. The largest absolute Gasteiger partial charge is 0.468 e. The summed E-state index contributed by atoms with van der Waals surface area (Å²) >= 11 is 0. The van der Waals surface area contributed by atoms with Gasteiger partial charge in [0.1, 0.15) is 12.6 Å². The maximum atomic E-state index is 12.3. The molecule has 1 aromatic heterocycles. The average molecular weight is 315 g/mol. The standard InChI is InChI=1S/C18H21NO4/c1-22-17(20)12-19-10-9-13-7-8-14(11-16(13)19)18(21)23-15-5-3-2-4-6-15/h7-11,15H,2-6,12H2,1H3. The molecule has 1 saturated carbocycles. The van der Waals surface area contributed by atoms with Crippen molar-refractivity contribution in [3.8, 4) is 0 Å². The summed E-state index contributed by atoms with van der Waals surface area (Å²) in [5, 5.41) is 0.975. The van der Waals surface area contributed by atoms with Gasteiger partial charge in [-0.3, -0.25) is 4.79 Å². The fourth-order valence-electron chi connectivity index (χ4n) is 3.05. The van der Waals surface area contributed by atoms with Gasteiger partial charge in [0, 0.05) is 11.7 Å². The van der Waals surface area contributed by atoms with Gasteiger partial charge in [-0.15, -0.1) is 0 Å². The number of ether oxygens (including phenoxy) is 2. The number of hydrogen-bond acceptors (Lipinski definition) is 4. The van der Waals surface area contributed by atoms with Crippen LogP contribution in [-0.2, 0) is 20.8 Å². The van der Waals surface area contributed by atoms with Crippen molar-refractivity contribution in [2.24, 2.45) is 0 Å². The Morgan fingerprint density at radius 1 is 1.17 bits per heavy atom. The molecule has 5 heteroatoms. The van der Waals surface area contributed by atoms with Crippen molar-refractivity contribution in [1.82, 2.24) is 4.57 Å². The lowest BCUT2D eigenvalue weighted by Crippen LogP contribution is -2.21. The number of fused-ring (bicyclic) bond motifs is 1. The van der Waals surface area contributed by atoms with Crippen LogP contribution < -0.4 is 0 Å². The Morgan fingerprint density at radius 2 is 1.96 bits per heavy atom. The lowest BCUT2D eigenvalue weighted by molar-refractivity contribution is -0.141. The molecular weight excluding hydrogens is 294 g/mol. The van der Waals surface area contributed by atoms with Gasteiger partial charge in [-0.05, 0) is 49.3 Å². The number of carbonyl (C=O) groups excluding carboxylic acids is 2. The Bertz CT molecular complexity index is 713. The SMILES string of the molecule is COC(=O)Cn1ccc2ccc(C(=O)OC3CCCCC3)cc21. The third-order valence-corrected chi connectivity index (χ3v) is 4.36. The molecule has 1 aromatic carbocycles. The topological polar surface area (TPSA) is 57.5 Å². The van der Waals surface area contributed by atoms with E-state index in [4.69, 9.17) is 9.47 Å². The van der Waals surface area contributed by atoms with Gasteiger partial charge in [-0.25, -0.2) is 4.79 Å². The van der Waals surface area contributed by atoms with Crippen LogP contribution in [0.25, 0.3) is 10.9 Å². The van der Waals surface area contributed by atoms with Crippen molar-refractivity contribution in [3.63, 3.8) is 0 Å². The molecule has 122 valence electrons. The third kappa shape index (κ3) is 3.55. The summed E-state index contributed by atoms with van der Waals surface area (Å²) in [6.07, 6.45) is 7.23. The molecule has 2 aromatic rings. The number of aromatic nitrogens is 1. The van der Waals surface area contributed by atoms with E-state index in [0.717, 1.165) is 36.6 Å². The van der Waals surface area contributed by atoms with Gasteiger partial charge in [-0.1, -0.05) is 12.5 Å². The van der Waals surface area contributed by atoms with Crippen LogP contribution in [0.5, 0.6) is 0 Å². The smallest absolute Gasteiger partial charge is 0.338 e. The van der Waals surface area contributed by atoms with E-state index in [0.29, 0.717) is 5.56 Å². The summed E-state index contributed by atoms with van der Waals surface area (Å²) < 4.78 is 12.1. The van der Waals surface area contributed by atoms with Crippen LogP contribution >= 0.6 is 0 Å². The molecule has 3 rings (SSSR count). The highest BCUT2D eigenvalue weighted by atomic mass is 16.5. The fourth-order valence-corrected chi connectivity index (χ4v) is 3.05. The van der Waals surface area contributed by atoms with E-state index < -0.39 is 0 Å². The number of methoxy groups -OCH3 is 1. The zero-order valence-corrected chi connectivity index (χ0v) is 13.3. The third-order valence-electron chi connectivity index (χ3n) is 4.36. The lowest BCUT2D eigenvalue weighted by Gasteiger charge is -2.21. The Labute approximate surface area is 135 Å². The van der Waals surface area contributed by atoms with Crippen molar-refractivity contribution in [3.05, 3.63) is 36.0 Å². The highest BCUT2D eigenvalue weighted by Crippen LogP contribution is 2.23. The van der Waals surface area contributed by atoms with Crippen molar-refractivity contribution in [2.45, 2.75) is 44.8 Å².